The lowest BCUT2D eigenvalue weighted by atomic mass is 10.1. The van der Waals surface area contributed by atoms with Crippen molar-refractivity contribution in [1.29, 1.82) is 0 Å². The molecule has 120 valence electrons. The van der Waals surface area contributed by atoms with Gasteiger partial charge in [0.1, 0.15) is 0 Å². The SMILES string of the molecule is COC(CNC(=O)Nc1ccc(C(C)=O)cc1)c1ccccc1. The molecule has 0 aliphatic heterocycles. The molecule has 0 aliphatic rings. The molecular formula is C18H20N2O3. The van der Waals surface area contributed by atoms with Crippen molar-refractivity contribution in [3.8, 4) is 0 Å². The first-order chi connectivity index (χ1) is 11.1. The maximum atomic E-state index is 11.9. The predicted octanol–water partition coefficient (Wildman–Crippen LogP) is 3.40. The minimum absolute atomic E-state index is 0.00759. The highest BCUT2D eigenvalue weighted by atomic mass is 16.5. The van der Waals surface area contributed by atoms with Gasteiger partial charge in [0.2, 0.25) is 0 Å². The molecule has 2 amide bonds. The summed E-state index contributed by atoms with van der Waals surface area (Å²) in [5.41, 5.74) is 2.24. The zero-order valence-corrected chi connectivity index (χ0v) is 13.2. The van der Waals surface area contributed by atoms with E-state index in [1.54, 1.807) is 31.4 Å². The van der Waals surface area contributed by atoms with Crippen LogP contribution < -0.4 is 10.6 Å². The van der Waals surface area contributed by atoms with Crippen LogP contribution in [-0.4, -0.2) is 25.5 Å². The number of rotatable bonds is 6. The fraction of sp³-hybridized carbons (Fsp3) is 0.222. The van der Waals surface area contributed by atoms with Crippen LogP contribution in [0.3, 0.4) is 0 Å². The molecular weight excluding hydrogens is 292 g/mol. The lowest BCUT2D eigenvalue weighted by Crippen LogP contribution is -2.32. The Hall–Kier alpha value is -2.66. The summed E-state index contributed by atoms with van der Waals surface area (Å²) in [6, 6.07) is 16.1. The van der Waals surface area contributed by atoms with Crippen molar-refractivity contribution in [3.05, 3.63) is 65.7 Å². The lowest BCUT2D eigenvalue weighted by molar-refractivity contribution is 0.101. The van der Waals surface area contributed by atoms with E-state index in [1.165, 1.54) is 6.92 Å². The summed E-state index contributed by atoms with van der Waals surface area (Å²) in [5, 5.41) is 5.50. The van der Waals surface area contributed by atoms with Crippen LogP contribution in [-0.2, 0) is 4.74 Å². The zero-order chi connectivity index (χ0) is 16.7. The van der Waals surface area contributed by atoms with Crippen molar-refractivity contribution in [2.24, 2.45) is 0 Å². The number of urea groups is 1. The van der Waals surface area contributed by atoms with Gasteiger partial charge in [-0.15, -0.1) is 0 Å². The molecule has 0 fully saturated rings. The molecule has 0 aromatic heterocycles. The first-order valence-electron chi connectivity index (χ1n) is 7.33. The van der Waals surface area contributed by atoms with Crippen LogP contribution >= 0.6 is 0 Å². The quantitative estimate of drug-likeness (QED) is 0.803. The van der Waals surface area contributed by atoms with Crippen LogP contribution in [0.1, 0.15) is 28.9 Å². The van der Waals surface area contributed by atoms with Crippen molar-refractivity contribution >= 4 is 17.5 Å². The number of nitrogens with one attached hydrogen (secondary N) is 2. The Morgan fingerprint density at radius 3 is 2.26 bits per heavy atom. The maximum absolute atomic E-state index is 11.9. The fourth-order valence-electron chi connectivity index (χ4n) is 2.15. The van der Waals surface area contributed by atoms with Crippen LogP contribution in [0.15, 0.2) is 54.6 Å². The standard InChI is InChI=1S/C18H20N2O3/c1-13(21)14-8-10-16(11-9-14)20-18(22)19-12-17(23-2)15-6-4-3-5-7-15/h3-11,17H,12H2,1-2H3,(H2,19,20,22). The van der Waals surface area contributed by atoms with Crippen molar-refractivity contribution in [1.82, 2.24) is 5.32 Å². The van der Waals surface area contributed by atoms with Gasteiger partial charge in [0.15, 0.2) is 5.78 Å². The van der Waals surface area contributed by atoms with Gasteiger partial charge in [-0.25, -0.2) is 4.79 Å². The van der Waals surface area contributed by atoms with Crippen LogP contribution in [0.2, 0.25) is 0 Å². The van der Waals surface area contributed by atoms with Gasteiger partial charge >= 0.3 is 6.03 Å². The number of ether oxygens (including phenoxy) is 1. The van der Waals surface area contributed by atoms with E-state index in [-0.39, 0.29) is 17.9 Å². The normalized spacial score (nSPS) is 11.6. The molecule has 2 aromatic carbocycles. The van der Waals surface area contributed by atoms with Gasteiger partial charge in [-0.05, 0) is 36.8 Å². The van der Waals surface area contributed by atoms with Crippen molar-refractivity contribution in [2.45, 2.75) is 13.0 Å². The Kier molecular flexibility index (Phi) is 5.88. The molecule has 23 heavy (non-hydrogen) atoms. The second kappa shape index (κ2) is 8.10. The summed E-state index contributed by atoms with van der Waals surface area (Å²) in [7, 11) is 1.61. The van der Waals surface area contributed by atoms with Gasteiger partial charge in [-0.2, -0.15) is 0 Å². The number of carbonyl (C=O) groups is 2. The number of hydrogen-bond donors (Lipinski definition) is 2. The van der Waals surface area contributed by atoms with Crippen LogP contribution in [0.4, 0.5) is 10.5 Å². The number of hydrogen-bond acceptors (Lipinski definition) is 3. The molecule has 0 bridgehead atoms. The number of benzene rings is 2. The van der Waals surface area contributed by atoms with E-state index in [4.69, 9.17) is 4.74 Å². The van der Waals surface area contributed by atoms with Gasteiger partial charge in [0.05, 0.1) is 6.10 Å². The summed E-state index contributed by atoms with van der Waals surface area (Å²) in [5.74, 6) is -0.00759. The van der Waals surface area contributed by atoms with Crippen molar-refractivity contribution in [2.75, 3.05) is 19.0 Å². The molecule has 5 nitrogen and oxygen atoms in total. The number of amides is 2. The Balaban J connectivity index is 1.88. The first-order valence-corrected chi connectivity index (χ1v) is 7.33. The maximum Gasteiger partial charge on any atom is 0.319 e. The van der Waals surface area contributed by atoms with Crippen LogP contribution in [0, 0.1) is 0 Å². The molecule has 0 aliphatic carbocycles. The second-order valence-electron chi connectivity index (χ2n) is 5.10. The first kappa shape index (κ1) is 16.7. The molecule has 1 unspecified atom stereocenters. The minimum atomic E-state index is -0.321. The van der Waals surface area contributed by atoms with E-state index < -0.39 is 0 Å². The van der Waals surface area contributed by atoms with Crippen LogP contribution in [0.25, 0.3) is 0 Å². The van der Waals surface area contributed by atoms with Gasteiger partial charge in [-0.3, -0.25) is 4.79 Å². The lowest BCUT2D eigenvalue weighted by Gasteiger charge is -2.16. The number of methoxy groups -OCH3 is 1. The molecule has 0 saturated carbocycles. The van der Waals surface area contributed by atoms with E-state index in [0.717, 1.165) is 5.56 Å². The topological polar surface area (TPSA) is 67.4 Å². The van der Waals surface area contributed by atoms with E-state index >= 15 is 0 Å². The Morgan fingerprint density at radius 1 is 1.04 bits per heavy atom. The van der Waals surface area contributed by atoms with Gasteiger partial charge in [0, 0.05) is 24.9 Å². The van der Waals surface area contributed by atoms with E-state index in [0.29, 0.717) is 17.8 Å². The highest BCUT2D eigenvalue weighted by Gasteiger charge is 2.11. The van der Waals surface area contributed by atoms with E-state index in [1.807, 2.05) is 30.3 Å². The van der Waals surface area contributed by atoms with Crippen molar-refractivity contribution < 1.29 is 14.3 Å². The molecule has 0 saturated heterocycles. The largest absolute Gasteiger partial charge is 0.375 e. The average Bonchev–Trinajstić information content (AvgIpc) is 2.57. The molecule has 2 rings (SSSR count). The number of anilines is 1. The zero-order valence-electron chi connectivity index (χ0n) is 13.2. The third kappa shape index (κ3) is 4.93. The number of ketones is 1. The Labute approximate surface area is 135 Å². The summed E-state index contributed by atoms with van der Waals surface area (Å²) in [4.78, 5) is 23.1. The van der Waals surface area contributed by atoms with E-state index in [9.17, 15) is 9.59 Å². The molecule has 2 aromatic rings. The number of Topliss-reactive ketones (excluding diaryl/α,β-unsaturated/α-hetero) is 1. The predicted molar refractivity (Wildman–Crippen MR) is 89.7 cm³/mol. The molecule has 0 heterocycles. The smallest absolute Gasteiger partial charge is 0.319 e. The second-order valence-corrected chi connectivity index (χ2v) is 5.10. The summed E-state index contributed by atoms with van der Waals surface area (Å²) >= 11 is 0. The molecule has 0 radical (unpaired) electrons. The highest BCUT2D eigenvalue weighted by Crippen LogP contribution is 2.15. The molecule has 2 N–H and O–H groups in total. The summed E-state index contributed by atoms with van der Waals surface area (Å²) in [6.07, 6.45) is -0.206. The number of carbonyl (C=O) groups excluding carboxylic acids is 2. The summed E-state index contributed by atoms with van der Waals surface area (Å²) in [6.45, 7) is 1.86. The van der Waals surface area contributed by atoms with Gasteiger partial charge < -0.3 is 15.4 Å². The van der Waals surface area contributed by atoms with E-state index in [2.05, 4.69) is 10.6 Å². The highest BCUT2D eigenvalue weighted by molar-refractivity contribution is 5.95. The van der Waals surface area contributed by atoms with Crippen molar-refractivity contribution in [3.63, 3.8) is 0 Å². The van der Waals surface area contributed by atoms with Gasteiger partial charge in [-0.1, -0.05) is 30.3 Å². The third-order valence-electron chi connectivity index (χ3n) is 3.45. The molecule has 1 atom stereocenters. The fourth-order valence-corrected chi connectivity index (χ4v) is 2.15. The monoisotopic (exact) mass is 312 g/mol. The average molecular weight is 312 g/mol. The minimum Gasteiger partial charge on any atom is -0.375 e. The third-order valence-corrected chi connectivity index (χ3v) is 3.45. The Bertz CT molecular complexity index is 654. The summed E-state index contributed by atoms with van der Waals surface area (Å²) < 4.78 is 5.40. The van der Waals surface area contributed by atoms with Gasteiger partial charge in [0.25, 0.3) is 0 Å². The van der Waals surface area contributed by atoms with Crippen LogP contribution in [0.5, 0.6) is 0 Å². The Morgan fingerprint density at radius 2 is 1.70 bits per heavy atom. The molecule has 5 heteroatoms. The molecule has 0 spiro atoms.